The largest absolute Gasteiger partial charge is 0.352 e. The van der Waals surface area contributed by atoms with Crippen LogP contribution in [-0.2, 0) is 16.6 Å². The number of rotatable bonds is 8. The fourth-order valence-electron chi connectivity index (χ4n) is 3.07. The zero-order valence-electron chi connectivity index (χ0n) is 16.1. The molecule has 2 aromatic carbocycles. The molecule has 0 aliphatic heterocycles. The predicted molar refractivity (Wildman–Crippen MR) is 111 cm³/mol. The van der Waals surface area contributed by atoms with Gasteiger partial charge in [0.1, 0.15) is 0 Å². The molecular weight excluding hydrogens is 374 g/mol. The molecule has 7 heteroatoms. The van der Waals surface area contributed by atoms with Gasteiger partial charge in [-0.15, -0.1) is 0 Å². The molecule has 1 aromatic heterocycles. The molecule has 148 valence electrons. The van der Waals surface area contributed by atoms with E-state index < -0.39 is 10.0 Å². The number of amides is 1. The Morgan fingerprint density at radius 1 is 1.07 bits per heavy atom. The number of carbonyl (C=O) groups is 1. The van der Waals surface area contributed by atoms with Gasteiger partial charge >= 0.3 is 0 Å². The summed E-state index contributed by atoms with van der Waals surface area (Å²) in [5.74, 6) is -0.279. The molecule has 3 aromatic rings. The number of nitrogens with one attached hydrogen (secondary N) is 2. The number of benzene rings is 2. The van der Waals surface area contributed by atoms with Gasteiger partial charge in [0.05, 0.1) is 4.90 Å². The zero-order chi connectivity index (χ0) is 20.1. The van der Waals surface area contributed by atoms with Crippen molar-refractivity contribution >= 4 is 26.8 Å². The van der Waals surface area contributed by atoms with Crippen molar-refractivity contribution < 1.29 is 13.2 Å². The summed E-state index contributed by atoms with van der Waals surface area (Å²) in [4.78, 5) is 12.5. The molecule has 0 aliphatic rings. The maximum atomic E-state index is 12.4. The highest BCUT2D eigenvalue weighted by Gasteiger charge is 2.17. The molecule has 0 fully saturated rings. The third kappa shape index (κ3) is 4.79. The minimum atomic E-state index is -3.62. The van der Waals surface area contributed by atoms with E-state index in [1.54, 1.807) is 26.0 Å². The van der Waals surface area contributed by atoms with Gasteiger partial charge in [0.2, 0.25) is 10.0 Å². The maximum Gasteiger partial charge on any atom is 0.251 e. The summed E-state index contributed by atoms with van der Waals surface area (Å²) in [6.07, 6.45) is 2.82. The van der Waals surface area contributed by atoms with E-state index in [0.29, 0.717) is 12.1 Å². The van der Waals surface area contributed by atoms with Crippen molar-refractivity contribution in [2.45, 2.75) is 37.8 Å². The van der Waals surface area contributed by atoms with E-state index in [1.165, 1.54) is 23.0 Å². The Bertz CT molecular complexity index is 1070. The van der Waals surface area contributed by atoms with Crippen molar-refractivity contribution in [2.24, 2.45) is 0 Å². The Balaban J connectivity index is 1.57. The molecule has 0 radical (unpaired) electrons. The fraction of sp³-hybridized carbons (Fsp3) is 0.286. The summed E-state index contributed by atoms with van der Waals surface area (Å²) in [6, 6.07) is 16.1. The molecule has 28 heavy (non-hydrogen) atoms. The first kappa shape index (κ1) is 20.1. The zero-order valence-corrected chi connectivity index (χ0v) is 16.9. The van der Waals surface area contributed by atoms with Crippen LogP contribution in [0.15, 0.2) is 65.7 Å². The molecule has 0 spiro atoms. The summed E-state index contributed by atoms with van der Waals surface area (Å²) >= 11 is 0. The van der Waals surface area contributed by atoms with E-state index in [9.17, 15) is 13.2 Å². The smallest absolute Gasteiger partial charge is 0.251 e. The van der Waals surface area contributed by atoms with Crippen LogP contribution in [0.5, 0.6) is 0 Å². The van der Waals surface area contributed by atoms with Crippen LogP contribution in [-0.4, -0.2) is 31.5 Å². The van der Waals surface area contributed by atoms with Crippen LogP contribution in [0.4, 0.5) is 0 Å². The third-order valence-corrected chi connectivity index (χ3v) is 6.00. The molecule has 3 rings (SSSR count). The van der Waals surface area contributed by atoms with Crippen LogP contribution >= 0.6 is 0 Å². The lowest BCUT2D eigenvalue weighted by atomic mass is 10.2. The average Bonchev–Trinajstić information content (AvgIpc) is 3.07. The van der Waals surface area contributed by atoms with Crippen molar-refractivity contribution in [3.8, 4) is 0 Å². The normalized spacial score (nSPS) is 11.8. The van der Waals surface area contributed by atoms with Gasteiger partial charge in [-0.3, -0.25) is 4.79 Å². The van der Waals surface area contributed by atoms with Gasteiger partial charge in [-0.25, -0.2) is 13.1 Å². The van der Waals surface area contributed by atoms with Gasteiger partial charge < -0.3 is 9.88 Å². The van der Waals surface area contributed by atoms with Crippen LogP contribution < -0.4 is 10.0 Å². The van der Waals surface area contributed by atoms with Crippen LogP contribution in [0.3, 0.4) is 0 Å². The highest BCUT2D eigenvalue weighted by atomic mass is 32.2. The second-order valence-corrected chi connectivity index (χ2v) is 8.70. The number of fused-ring (bicyclic) bond motifs is 1. The Morgan fingerprint density at radius 2 is 1.86 bits per heavy atom. The van der Waals surface area contributed by atoms with Crippen LogP contribution in [0.2, 0.25) is 0 Å². The molecule has 0 unspecified atom stereocenters. The van der Waals surface area contributed by atoms with Gasteiger partial charge in [-0.05, 0) is 56.0 Å². The van der Waals surface area contributed by atoms with E-state index in [4.69, 9.17) is 0 Å². The number of nitrogens with zero attached hydrogens (tertiary/aromatic N) is 1. The number of carbonyl (C=O) groups excluding carboxylic acids is 1. The number of aryl methyl sites for hydroxylation is 1. The van der Waals surface area contributed by atoms with E-state index in [0.717, 1.165) is 13.0 Å². The SMILES string of the molecule is CC(C)NS(=O)(=O)c1cccc(C(=O)NCCCn2ccc3ccccc32)c1. The first-order valence-electron chi connectivity index (χ1n) is 9.31. The topological polar surface area (TPSA) is 80.2 Å². The lowest BCUT2D eigenvalue weighted by Crippen LogP contribution is -2.30. The predicted octanol–water partition coefficient (Wildman–Crippen LogP) is 3.15. The van der Waals surface area contributed by atoms with Crippen molar-refractivity contribution in [3.63, 3.8) is 0 Å². The second kappa shape index (κ2) is 8.58. The first-order chi connectivity index (χ1) is 13.4. The molecule has 1 amide bonds. The summed E-state index contributed by atoms with van der Waals surface area (Å²) in [7, 11) is -3.62. The van der Waals surface area contributed by atoms with Crippen LogP contribution in [0.1, 0.15) is 30.6 Å². The van der Waals surface area contributed by atoms with Gasteiger partial charge in [0, 0.05) is 36.4 Å². The minimum absolute atomic E-state index is 0.0904. The van der Waals surface area contributed by atoms with E-state index in [2.05, 4.69) is 32.8 Å². The fourth-order valence-corrected chi connectivity index (χ4v) is 4.37. The molecule has 1 heterocycles. The van der Waals surface area contributed by atoms with Gasteiger partial charge in [-0.1, -0.05) is 24.3 Å². The summed E-state index contributed by atoms with van der Waals surface area (Å²) in [6.45, 7) is 4.80. The van der Waals surface area contributed by atoms with Crippen molar-refractivity contribution in [3.05, 3.63) is 66.4 Å². The second-order valence-electron chi connectivity index (χ2n) is 6.98. The van der Waals surface area contributed by atoms with Crippen molar-refractivity contribution in [1.82, 2.24) is 14.6 Å². The lowest BCUT2D eigenvalue weighted by molar-refractivity contribution is 0.0952. The van der Waals surface area contributed by atoms with E-state index >= 15 is 0 Å². The molecule has 2 N–H and O–H groups in total. The third-order valence-electron chi connectivity index (χ3n) is 4.34. The van der Waals surface area contributed by atoms with Crippen LogP contribution in [0.25, 0.3) is 10.9 Å². The number of para-hydroxylation sites is 1. The van der Waals surface area contributed by atoms with E-state index in [-0.39, 0.29) is 16.8 Å². The Kier molecular flexibility index (Phi) is 6.16. The minimum Gasteiger partial charge on any atom is -0.352 e. The van der Waals surface area contributed by atoms with Gasteiger partial charge in [0.15, 0.2) is 0 Å². The number of aromatic nitrogens is 1. The average molecular weight is 400 g/mol. The molecule has 0 aliphatic carbocycles. The van der Waals surface area contributed by atoms with Crippen molar-refractivity contribution in [1.29, 1.82) is 0 Å². The quantitative estimate of drug-likeness (QED) is 0.571. The Hall–Kier alpha value is -2.64. The molecule has 6 nitrogen and oxygen atoms in total. The number of sulfonamides is 1. The molecule has 0 saturated heterocycles. The summed E-state index contributed by atoms with van der Waals surface area (Å²) in [5, 5.41) is 4.06. The molecule has 0 bridgehead atoms. The lowest BCUT2D eigenvalue weighted by Gasteiger charge is -2.11. The number of hydrogen-bond acceptors (Lipinski definition) is 3. The van der Waals surface area contributed by atoms with Crippen molar-refractivity contribution in [2.75, 3.05) is 6.54 Å². The van der Waals surface area contributed by atoms with Gasteiger partial charge in [0.25, 0.3) is 5.91 Å². The summed E-state index contributed by atoms with van der Waals surface area (Å²) in [5.41, 5.74) is 1.50. The standard InChI is InChI=1S/C21H25N3O3S/c1-16(2)23-28(26,27)19-9-5-8-18(15-19)21(25)22-12-6-13-24-14-11-17-7-3-4-10-20(17)24/h3-5,7-11,14-16,23H,6,12-13H2,1-2H3,(H,22,25). The van der Waals surface area contributed by atoms with Gasteiger partial charge in [-0.2, -0.15) is 0 Å². The number of hydrogen-bond donors (Lipinski definition) is 2. The summed E-state index contributed by atoms with van der Waals surface area (Å²) < 4.78 is 29.2. The Morgan fingerprint density at radius 3 is 2.64 bits per heavy atom. The maximum absolute atomic E-state index is 12.4. The highest BCUT2D eigenvalue weighted by Crippen LogP contribution is 2.15. The van der Waals surface area contributed by atoms with E-state index in [1.807, 2.05) is 18.3 Å². The highest BCUT2D eigenvalue weighted by molar-refractivity contribution is 7.89. The molecule has 0 atom stereocenters. The monoisotopic (exact) mass is 399 g/mol. The Labute approximate surface area is 165 Å². The molecular formula is C21H25N3O3S. The molecule has 0 saturated carbocycles. The van der Waals surface area contributed by atoms with Crippen LogP contribution in [0, 0.1) is 0 Å². The first-order valence-corrected chi connectivity index (χ1v) is 10.8.